The predicted molar refractivity (Wildman–Crippen MR) is 155 cm³/mol. The van der Waals surface area contributed by atoms with Gasteiger partial charge >= 0.3 is 0 Å². The highest BCUT2D eigenvalue weighted by molar-refractivity contribution is 9.10. The summed E-state index contributed by atoms with van der Waals surface area (Å²) in [5, 5.41) is 10.2. The van der Waals surface area contributed by atoms with Crippen molar-refractivity contribution in [3.05, 3.63) is 148 Å². The minimum absolute atomic E-state index is 0.168. The predicted octanol–water partition coefficient (Wildman–Crippen LogP) is 7.16. The molecule has 0 saturated heterocycles. The molecule has 196 valence electrons. The van der Waals surface area contributed by atoms with Crippen LogP contribution in [0.15, 0.2) is 131 Å². The molecule has 0 unspecified atom stereocenters. The third kappa shape index (κ3) is 7.42. The Bertz CT molecular complexity index is 1160. The first-order valence-corrected chi connectivity index (χ1v) is 13.5. The van der Waals surface area contributed by atoms with Gasteiger partial charge in [0.2, 0.25) is 0 Å². The van der Waals surface area contributed by atoms with E-state index in [0.717, 1.165) is 26.7 Å². The zero-order valence-corrected chi connectivity index (χ0v) is 23.1. The molecule has 4 aromatic carbocycles. The van der Waals surface area contributed by atoms with Gasteiger partial charge in [-0.05, 0) is 53.5 Å². The van der Waals surface area contributed by atoms with Crippen molar-refractivity contribution in [3.63, 3.8) is 0 Å². The molecule has 4 aromatic rings. The van der Waals surface area contributed by atoms with Crippen LogP contribution in [-0.4, -0.2) is 37.6 Å². The Morgan fingerprint density at radius 3 is 1.76 bits per heavy atom. The van der Waals surface area contributed by atoms with Gasteiger partial charge in [-0.15, -0.1) is 0 Å². The molecule has 0 amide bonds. The molecule has 0 aliphatic carbocycles. The molecular weight excluding hydrogens is 540 g/mol. The first-order valence-electron chi connectivity index (χ1n) is 12.7. The van der Waals surface area contributed by atoms with E-state index in [9.17, 15) is 5.11 Å². The number of ether oxygens (including phenoxy) is 3. The van der Waals surface area contributed by atoms with Crippen LogP contribution in [0.3, 0.4) is 0 Å². The van der Waals surface area contributed by atoms with Crippen LogP contribution in [0.4, 0.5) is 0 Å². The lowest BCUT2D eigenvalue weighted by molar-refractivity contribution is 0.0179. The molecule has 0 aliphatic rings. The van der Waals surface area contributed by atoms with Gasteiger partial charge in [0, 0.05) is 4.47 Å². The Balaban J connectivity index is 1.40. The summed E-state index contributed by atoms with van der Waals surface area (Å²) < 4.78 is 19.1. The van der Waals surface area contributed by atoms with E-state index in [-0.39, 0.29) is 13.2 Å². The molecule has 4 rings (SSSR count). The van der Waals surface area contributed by atoms with Crippen molar-refractivity contribution < 1.29 is 19.3 Å². The topological polar surface area (TPSA) is 47.9 Å². The van der Waals surface area contributed by atoms with Gasteiger partial charge in [-0.2, -0.15) is 0 Å². The molecule has 0 aliphatic heterocycles. The average Bonchev–Trinajstić information content (AvgIpc) is 2.96. The average molecular weight is 574 g/mol. The number of rotatable bonds is 13. The maximum absolute atomic E-state index is 10.2. The summed E-state index contributed by atoms with van der Waals surface area (Å²) in [6.07, 6.45) is 1.32. The third-order valence-corrected chi connectivity index (χ3v) is 6.70. The molecule has 0 spiro atoms. The molecule has 1 N–H and O–H groups in total. The SMILES string of the molecule is C/C(=C/COC(c1ccccc1)(c1ccccc1)c1ccccc1)COC[C@H](O)COc1ccc(Br)cc1. The maximum Gasteiger partial charge on any atom is 0.144 e. The maximum atomic E-state index is 10.2. The molecule has 4 nitrogen and oxygen atoms in total. The third-order valence-electron chi connectivity index (χ3n) is 6.17. The Labute approximate surface area is 233 Å². The Morgan fingerprint density at radius 1 is 0.763 bits per heavy atom. The molecule has 0 saturated carbocycles. The van der Waals surface area contributed by atoms with Crippen LogP contribution in [-0.2, 0) is 15.1 Å². The lowest BCUT2D eigenvalue weighted by Crippen LogP contribution is -2.33. The number of halogens is 1. The summed E-state index contributed by atoms with van der Waals surface area (Å²) in [7, 11) is 0. The number of hydrogen-bond donors (Lipinski definition) is 1. The van der Waals surface area contributed by atoms with Crippen molar-refractivity contribution in [1.82, 2.24) is 0 Å². The van der Waals surface area contributed by atoms with Crippen molar-refractivity contribution in [3.8, 4) is 5.75 Å². The first kappa shape index (κ1) is 27.8. The van der Waals surface area contributed by atoms with Gasteiger partial charge in [-0.25, -0.2) is 0 Å². The molecule has 5 heteroatoms. The van der Waals surface area contributed by atoms with Crippen LogP contribution in [0.1, 0.15) is 23.6 Å². The summed E-state index contributed by atoms with van der Waals surface area (Å²) in [5.74, 6) is 0.708. The first-order chi connectivity index (χ1) is 18.6. The van der Waals surface area contributed by atoms with Gasteiger partial charge in [0.25, 0.3) is 0 Å². The highest BCUT2D eigenvalue weighted by Crippen LogP contribution is 2.40. The van der Waals surface area contributed by atoms with Crippen molar-refractivity contribution in [2.45, 2.75) is 18.6 Å². The summed E-state index contributed by atoms with van der Waals surface area (Å²) in [6.45, 7) is 3.14. The number of aliphatic hydroxyl groups is 1. The summed E-state index contributed by atoms with van der Waals surface area (Å²) in [4.78, 5) is 0. The zero-order chi connectivity index (χ0) is 26.6. The van der Waals surface area contributed by atoms with E-state index < -0.39 is 11.7 Å². The van der Waals surface area contributed by atoms with Crippen LogP contribution >= 0.6 is 15.9 Å². The van der Waals surface area contributed by atoms with Crippen molar-refractivity contribution >= 4 is 15.9 Å². The fraction of sp³-hybridized carbons (Fsp3) is 0.212. The van der Waals surface area contributed by atoms with E-state index in [1.165, 1.54) is 0 Å². The molecule has 0 fully saturated rings. The van der Waals surface area contributed by atoms with Crippen molar-refractivity contribution in [2.75, 3.05) is 26.4 Å². The summed E-state index contributed by atoms with van der Waals surface area (Å²) in [5.41, 5.74) is 3.45. The highest BCUT2D eigenvalue weighted by Gasteiger charge is 2.37. The van der Waals surface area contributed by atoms with Crippen LogP contribution in [0.5, 0.6) is 5.75 Å². The van der Waals surface area contributed by atoms with E-state index in [1.807, 2.05) is 91.9 Å². The molecule has 0 bridgehead atoms. The van der Waals surface area contributed by atoms with Crippen LogP contribution in [0.2, 0.25) is 0 Å². The van der Waals surface area contributed by atoms with Crippen molar-refractivity contribution in [2.24, 2.45) is 0 Å². The van der Waals surface area contributed by atoms with E-state index >= 15 is 0 Å². The standard InChI is InChI=1S/C33H33BrO4/c1-26(23-36-24-31(35)25-37-32-19-17-30(34)18-20-32)21-22-38-33(27-11-5-2-6-12-27,28-13-7-3-8-14-28)29-15-9-4-10-16-29/h2-21,31,35H,22-25H2,1H3/b26-21-/t31-/m0/s1. The minimum atomic E-state index is -0.762. The van der Waals surface area contributed by atoms with Crippen LogP contribution in [0.25, 0.3) is 0 Å². The second kappa shape index (κ2) is 14.1. The molecule has 0 heterocycles. The van der Waals surface area contributed by atoms with E-state index in [4.69, 9.17) is 14.2 Å². The van der Waals surface area contributed by atoms with Gasteiger partial charge in [-0.1, -0.05) is 113 Å². The Hall–Kier alpha value is -3.22. The van der Waals surface area contributed by atoms with E-state index in [0.29, 0.717) is 19.0 Å². The minimum Gasteiger partial charge on any atom is -0.491 e. The molecule has 38 heavy (non-hydrogen) atoms. The van der Waals surface area contributed by atoms with Crippen LogP contribution < -0.4 is 4.74 Å². The largest absolute Gasteiger partial charge is 0.491 e. The summed E-state index contributed by atoms with van der Waals surface area (Å²) >= 11 is 3.40. The summed E-state index contributed by atoms with van der Waals surface area (Å²) in [6, 6.07) is 38.5. The van der Waals surface area contributed by atoms with Gasteiger partial charge in [0.05, 0.1) is 19.8 Å². The van der Waals surface area contributed by atoms with Gasteiger partial charge in [-0.3, -0.25) is 0 Å². The quantitative estimate of drug-likeness (QED) is 0.136. The van der Waals surface area contributed by atoms with Crippen molar-refractivity contribution in [1.29, 1.82) is 0 Å². The van der Waals surface area contributed by atoms with Gasteiger partial charge in [0.1, 0.15) is 24.1 Å². The molecule has 0 radical (unpaired) electrons. The van der Waals surface area contributed by atoms with Gasteiger partial charge < -0.3 is 19.3 Å². The lowest BCUT2D eigenvalue weighted by Gasteiger charge is -2.35. The van der Waals surface area contributed by atoms with E-state index in [1.54, 1.807) is 0 Å². The van der Waals surface area contributed by atoms with Gasteiger partial charge in [0.15, 0.2) is 0 Å². The lowest BCUT2D eigenvalue weighted by atomic mass is 9.80. The number of aliphatic hydroxyl groups excluding tert-OH is 1. The Morgan fingerprint density at radius 2 is 1.26 bits per heavy atom. The fourth-order valence-corrected chi connectivity index (χ4v) is 4.53. The highest BCUT2D eigenvalue weighted by atomic mass is 79.9. The second-order valence-corrected chi connectivity index (χ2v) is 9.99. The zero-order valence-electron chi connectivity index (χ0n) is 21.5. The smallest absolute Gasteiger partial charge is 0.144 e. The second-order valence-electron chi connectivity index (χ2n) is 9.07. The molecule has 1 atom stereocenters. The molecular formula is C33H33BrO4. The fourth-order valence-electron chi connectivity index (χ4n) is 4.26. The van der Waals surface area contributed by atoms with Crippen LogP contribution in [0, 0.1) is 0 Å². The monoisotopic (exact) mass is 572 g/mol. The molecule has 0 aromatic heterocycles. The normalized spacial score (nSPS) is 12.8. The number of benzene rings is 4. The van der Waals surface area contributed by atoms with E-state index in [2.05, 4.69) is 52.3 Å². The Kier molecular flexibility index (Phi) is 10.3. The number of hydrogen-bond acceptors (Lipinski definition) is 4.